The van der Waals surface area contributed by atoms with Crippen molar-refractivity contribution in [1.29, 1.82) is 0 Å². The smallest absolute Gasteiger partial charge is 0.326 e. The van der Waals surface area contributed by atoms with Crippen molar-refractivity contribution in [3.8, 4) is 11.8 Å². The van der Waals surface area contributed by atoms with Gasteiger partial charge in [-0.15, -0.1) is 0 Å². The fraction of sp³-hybridized carbons (Fsp3) is 0.346. The molecule has 1 aromatic carbocycles. The average molecular weight is 477 g/mol. The Morgan fingerprint density at radius 3 is 3.03 bits per heavy atom. The highest BCUT2D eigenvalue weighted by Crippen LogP contribution is 2.34. The van der Waals surface area contributed by atoms with E-state index in [1.165, 1.54) is 0 Å². The number of fused-ring (bicyclic) bond motifs is 1. The third-order valence-electron chi connectivity index (χ3n) is 6.18. The summed E-state index contributed by atoms with van der Waals surface area (Å²) in [5.74, 6) is 1.49. The van der Waals surface area contributed by atoms with E-state index in [1.54, 1.807) is 6.07 Å². The maximum absolute atomic E-state index is 15.2. The third-order valence-corrected chi connectivity index (χ3v) is 6.18. The van der Waals surface area contributed by atoms with E-state index in [9.17, 15) is 5.11 Å². The SMILES string of the molecule is C/C=C/C1=CC(Nc2cc(N3CCNC(CO)C3)nc(Oc3ccc4c(c3F)C=C(C)C4)n2)=NC1. The van der Waals surface area contributed by atoms with Gasteiger partial charge in [-0.05, 0) is 43.5 Å². The van der Waals surface area contributed by atoms with Crippen molar-refractivity contribution in [3.63, 3.8) is 0 Å². The Labute approximate surface area is 204 Å². The summed E-state index contributed by atoms with van der Waals surface area (Å²) in [5.41, 5.74) is 3.71. The normalized spacial score (nSPS) is 19.5. The zero-order chi connectivity index (χ0) is 24.4. The van der Waals surface area contributed by atoms with Gasteiger partial charge in [-0.1, -0.05) is 29.9 Å². The van der Waals surface area contributed by atoms with Crippen LogP contribution < -0.4 is 20.3 Å². The van der Waals surface area contributed by atoms with Gasteiger partial charge in [-0.25, -0.2) is 4.39 Å². The number of aromatic nitrogens is 2. The fourth-order valence-corrected chi connectivity index (χ4v) is 4.50. The van der Waals surface area contributed by atoms with Crippen LogP contribution in [0.4, 0.5) is 16.0 Å². The van der Waals surface area contributed by atoms with Gasteiger partial charge in [0.25, 0.3) is 0 Å². The number of aliphatic imine (C=N–C) groups is 1. The Morgan fingerprint density at radius 1 is 1.31 bits per heavy atom. The van der Waals surface area contributed by atoms with E-state index in [2.05, 4.69) is 30.5 Å². The average Bonchev–Trinajstić information content (AvgIpc) is 3.47. The van der Waals surface area contributed by atoms with Crippen LogP contribution in [0.3, 0.4) is 0 Å². The molecule has 8 nitrogen and oxygen atoms in total. The number of piperazine rings is 1. The van der Waals surface area contributed by atoms with Crippen LogP contribution in [-0.4, -0.2) is 59.7 Å². The number of nitrogens with zero attached hydrogens (tertiary/aromatic N) is 4. The topological polar surface area (TPSA) is 94.9 Å². The van der Waals surface area contributed by atoms with Crippen molar-refractivity contribution >= 4 is 23.5 Å². The molecule has 0 amide bonds. The monoisotopic (exact) mass is 476 g/mol. The number of aliphatic hydroxyl groups excluding tert-OH is 1. The molecule has 1 saturated heterocycles. The second-order valence-electron chi connectivity index (χ2n) is 8.94. The molecule has 5 rings (SSSR count). The first-order chi connectivity index (χ1) is 17.0. The molecule has 2 aliphatic heterocycles. The molecule has 0 radical (unpaired) electrons. The molecule has 1 fully saturated rings. The van der Waals surface area contributed by atoms with Gasteiger partial charge in [-0.2, -0.15) is 9.97 Å². The number of nitrogens with one attached hydrogen (secondary N) is 2. The van der Waals surface area contributed by atoms with E-state index in [0.29, 0.717) is 49.2 Å². The predicted octanol–water partition coefficient (Wildman–Crippen LogP) is 3.46. The largest absolute Gasteiger partial charge is 0.421 e. The Kier molecular flexibility index (Phi) is 6.61. The number of benzene rings is 1. The number of halogens is 1. The van der Waals surface area contributed by atoms with Crippen molar-refractivity contribution in [1.82, 2.24) is 15.3 Å². The summed E-state index contributed by atoms with van der Waals surface area (Å²) in [4.78, 5) is 15.7. The fourth-order valence-electron chi connectivity index (χ4n) is 4.50. The Balaban J connectivity index is 1.46. The summed E-state index contributed by atoms with van der Waals surface area (Å²) in [6, 6.07) is 5.31. The molecule has 3 aliphatic rings. The van der Waals surface area contributed by atoms with Crippen LogP contribution in [0.5, 0.6) is 11.8 Å². The molecule has 0 spiro atoms. The van der Waals surface area contributed by atoms with Crippen molar-refractivity contribution in [3.05, 3.63) is 64.5 Å². The van der Waals surface area contributed by atoms with E-state index in [0.717, 1.165) is 23.1 Å². The van der Waals surface area contributed by atoms with Gasteiger partial charge >= 0.3 is 6.01 Å². The maximum atomic E-state index is 15.2. The number of aliphatic hydroxyl groups is 1. The molecule has 3 N–H and O–H groups in total. The van der Waals surface area contributed by atoms with Crippen molar-refractivity contribution in [2.45, 2.75) is 26.3 Å². The lowest BCUT2D eigenvalue weighted by Crippen LogP contribution is -2.52. The van der Waals surface area contributed by atoms with Crippen molar-refractivity contribution in [2.24, 2.45) is 4.99 Å². The Morgan fingerprint density at radius 2 is 2.20 bits per heavy atom. The number of anilines is 2. The predicted molar refractivity (Wildman–Crippen MR) is 136 cm³/mol. The van der Waals surface area contributed by atoms with Gasteiger partial charge in [0.15, 0.2) is 11.6 Å². The van der Waals surface area contributed by atoms with Crippen LogP contribution in [-0.2, 0) is 6.42 Å². The molecule has 0 saturated carbocycles. The van der Waals surface area contributed by atoms with Crippen molar-refractivity contribution < 1.29 is 14.2 Å². The van der Waals surface area contributed by atoms with Gasteiger partial charge in [0.05, 0.1) is 13.2 Å². The van der Waals surface area contributed by atoms with Crippen LogP contribution >= 0.6 is 0 Å². The van der Waals surface area contributed by atoms with Gasteiger partial charge in [0.2, 0.25) is 0 Å². The van der Waals surface area contributed by atoms with Crippen LogP contribution in [0, 0.1) is 5.82 Å². The quantitative estimate of drug-likeness (QED) is 0.588. The molecular formula is C26H29FN6O2. The highest BCUT2D eigenvalue weighted by molar-refractivity contribution is 6.05. The molecule has 35 heavy (non-hydrogen) atoms. The summed E-state index contributed by atoms with van der Waals surface area (Å²) >= 11 is 0. The summed E-state index contributed by atoms with van der Waals surface area (Å²) in [5, 5.41) is 16.1. The number of ether oxygens (including phenoxy) is 1. The number of rotatable bonds is 6. The van der Waals surface area contributed by atoms with Gasteiger partial charge in [-0.3, -0.25) is 4.99 Å². The molecule has 3 heterocycles. The Bertz CT molecular complexity index is 1250. The van der Waals surface area contributed by atoms with E-state index in [-0.39, 0.29) is 24.4 Å². The molecule has 2 aromatic rings. The van der Waals surface area contributed by atoms with Crippen LogP contribution in [0.1, 0.15) is 25.0 Å². The van der Waals surface area contributed by atoms with Crippen molar-refractivity contribution in [2.75, 3.05) is 43.0 Å². The first kappa shape index (κ1) is 23.2. The molecule has 9 heteroatoms. The second-order valence-corrected chi connectivity index (χ2v) is 8.94. The van der Waals surface area contributed by atoms with Crippen LogP contribution in [0.25, 0.3) is 6.08 Å². The summed E-state index contributed by atoms with van der Waals surface area (Å²) < 4.78 is 21.1. The highest BCUT2D eigenvalue weighted by atomic mass is 19.1. The Hall–Kier alpha value is -3.56. The summed E-state index contributed by atoms with van der Waals surface area (Å²) in [6.07, 6.45) is 8.55. The lowest BCUT2D eigenvalue weighted by molar-refractivity contribution is 0.235. The number of hydrogen-bond acceptors (Lipinski definition) is 8. The third kappa shape index (κ3) is 5.11. The number of hydrogen-bond donors (Lipinski definition) is 3. The van der Waals surface area contributed by atoms with Crippen LogP contribution in [0.15, 0.2) is 52.6 Å². The zero-order valence-corrected chi connectivity index (χ0v) is 19.9. The van der Waals surface area contributed by atoms with E-state index < -0.39 is 5.82 Å². The first-order valence-corrected chi connectivity index (χ1v) is 11.8. The van der Waals surface area contributed by atoms with Crippen LogP contribution in [0.2, 0.25) is 0 Å². The van der Waals surface area contributed by atoms with Gasteiger partial charge in [0.1, 0.15) is 17.5 Å². The molecule has 1 aromatic heterocycles. The van der Waals surface area contributed by atoms with Gasteiger partial charge < -0.3 is 25.4 Å². The maximum Gasteiger partial charge on any atom is 0.326 e. The molecule has 1 atom stereocenters. The summed E-state index contributed by atoms with van der Waals surface area (Å²) in [7, 11) is 0. The van der Waals surface area contributed by atoms with E-state index in [4.69, 9.17) is 4.74 Å². The van der Waals surface area contributed by atoms with E-state index >= 15 is 4.39 Å². The molecular weight excluding hydrogens is 447 g/mol. The standard InChI is InChI=1S/C26H29FN6O2/c1-3-4-17-11-22(29-13-17)30-23-12-24(33-8-7-28-19(14-33)15-34)32-26(31-23)35-21-6-5-18-9-16(2)10-20(18)25(21)27/h3-6,10-12,19,28,34H,7-9,13-15H2,1-2H3,(H,29,30,31,32)/b4-3+. The molecule has 1 aliphatic carbocycles. The lowest BCUT2D eigenvalue weighted by atomic mass is 10.1. The number of allylic oxidation sites excluding steroid dienone is 2. The minimum absolute atomic E-state index is 0.0264. The first-order valence-electron chi connectivity index (χ1n) is 11.8. The second kappa shape index (κ2) is 9.97. The minimum Gasteiger partial charge on any atom is -0.421 e. The minimum atomic E-state index is -0.413. The lowest BCUT2D eigenvalue weighted by Gasteiger charge is -2.33. The van der Waals surface area contributed by atoms with E-state index in [1.807, 2.05) is 50.3 Å². The summed E-state index contributed by atoms with van der Waals surface area (Å²) in [6.45, 7) is 6.57. The molecule has 182 valence electrons. The number of amidine groups is 1. The molecule has 1 unspecified atom stereocenters. The zero-order valence-electron chi connectivity index (χ0n) is 19.9. The molecule has 0 bridgehead atoms. The van der Waals surface area contributed by atoms with Gasteiger partial charge in [0, 0.05) is 37.3 Å². The highest BCUT2D eigenvalue weighted by Gasteiger charge is 2.23.